The lowest BCUT2D eigenvalue weighted by Crippen LogP contribution is -2.49. The number of nitrogens with one attached hydrogen (secondary N) is 1. The smallest absolute Gasteiger partial charge is 0.243 e. The third-order valence-corrected chi connectivity index (χ3v) is 8.57. The van der Waals surface area contributed by atoms with Gasteiger partial charge in [0.2, 0.25) is 16.0 Å². The topological polar surface area (TPSA) is 115 Å². The Morgan fingerprint density at radius 2 is 1.72 bits per heavy atom. The standard InChI is InChI=1S/C25H23N7O2S2/c1-18-2-8-21(9-3-18)36(33,34)32-12-10-31(11-13-32)25-29-22(23-16-27-17-35-23)14-24(30-25)28-20-6-4-19(15-26)5-7-20/h2-9,14,16-17H,10-13H2,1H3,(H,28,29,30). The zero-order valence-electron chi connectivity index (χ0n) is 19.5. The molecule has 1 N–H and O–H groups in total. The van der Waals surface area contributed by atoms with E-state index in [1.54, 1.807) is 36.0 Å². The van der Waals surface area contributed by atoms with Gasteiger partial charge in [-0.1, -0.05) is 17.7 Å². The predicted molar refractivity (Wildman–Crippen MR) is 140 cm³/mol. The molecule has 0 saturated carbocycles. The van der Waals surface area contributed by atoms with Crippen LogP contribution in [0.5, 0.6) is 0 Å². The number of aryl methyl sites for hydroxylation is 1. The number of anilines is 3. The van der Waals surface area contributed by atoms with E-state index in [-0.39, 0.29) is 0 Å². The number of hydrogen-bond acceptors (Lipinski definition) is 9. The van der Waals surface area contributed by atoms with Gasteiger partial charge in [-0.2, -0.15) is 14.6 Å². The predicted octanol–water partition coefficient (Wildman–Crippen LogP) is 4.03. The Kier molecular flexibility index (Phi) is 6.65. The number of hydrogen-bond donors (Lipinski definition) is 1. The van der Waals surface area contributed by atoms with Crippen molar-refractivity contribution in [2.24, 2.45) is 0 Å². The van der Waals surface area contributed by atoms with Gasteiger partial charge in [0.1, 0.15) is 5.82 Å². The molecule has 0 atom stereocenters. The third-order valence-electron chi connectivity index (χ3n) is 5.87. The molecule has 0 spiro atoms. The van der Waals surface area contributed by atoms with Gasteiger partial charge < -0.3 is 10.2 Å². The fourth-order valence-electron chi connectivity index (χ4n) is 3.87. The highest BCUT2D eigenvalue weighted by Crippen LogP contribution is 2.28. The summed E-state index contributed by atoms with van der Waals surface area (Å²) in [7, 11) is -3.56. The second kappa shape index (κ2) is 10.0. The van der Waals surface area contributed by atoms with E-state index in [0.717, 1.165) is 21.8 Å². The van der Waals surface area contributed by atoms with Crippen molar-refractivity contribution in [3.8, 4) is 16.6 Å². The van der Waals surface area contributed by atoms with Crippen LogP contribution in [0.2, 0.25) is 0 Å². The van der Waals surface area contributed by atoms with Gasteiger partial charge in [-0.25, -0.2) is 13.4 Å². The molecule has 11 heteroatoms. The molecule has 1 saturated heterocycles. The monoisotopic (exact) mass is 517 g/mol. The number of sulfonamides is 1. The number of nitrogens with zero attached hydrogens (tertiary/aromatic N) is 6. The minimum atomic E-state index is -3.56. The minimum Gasteiger partial charge on any atom is -0.340 e. The van der Waals surface area contributed by atoms with Crippen LogP contribution in [-0.4, -0.2) is 53.9 Å². The number of thiazole rings is 1. The fourth-order valence-corrected chi connectivity index (χ4v) is 5.88. The van der Waals surface area contributed by atoms with Crippen LogP contribution < -0.4 is 10.2 Å². The molecule has 0 aliphatic carbocycles. The van der Waals surface area contributed by atoms with E-state index >= 15 is 0 Å². The average molecular weight is 518 g/mol. The van der Waals surface area contributed by atoms with Gasteiger partial charge in [0.15, 0.2) is 0 Å². The number of nitriles is 1. The summed E-state index contributed by atoms with van der Waals surface area (Å²) in [5, 5.41) is 12.3. The van der Waals surface area contributed by atoms with Crippen LogP contribution in [0.3, 0.4) is 0 Å². The average Bonchev–Trinajstić information content (AvgIpc) is 3.45. The molecule has 4 aromatic rings. The van der Waals surface area contributed by atoms with Crippen molar-refractivity contribution in [2.75, 3.05) is 36.4 Å². The Labute approximate surface area is 213 Å². The Balaban J connectivity index is 1.38. The Hall–Kier alpha value is -3.85. The Morgan fingerprint density at radius 1 is 1.00 bits per heavy atom. The fraction of sp³-hybridized carbons (Fsp3) is 0.200. The maximum atomic E-state index is 13.1. The van der Waals surface area contributed by atoms with E-state index in [0.29, 0.717) is 48.4 Å². The van der Waals surface area contributed by atoms with Crippen molar-refractivity contribution in [3.63, 3.8) is 0 Å². The summed E-state index contributed by atoms with van der Waals surface area (Å²) in [6.45, 7) is 3.53. The van der Waals surface area contributed by atoms with Crippen LogP contribution in [0.15, 0.2) is 71.2 Å². The Morgan fingerprint density at radius 3 is 2.36 bits per heavy atom. The Bertz CT molecular complexity index is 1490. The van der Waals surface area contributed by atoms with Gasteiger partial charge in [0.05, 0.1) is 32.6 Å². The van der Waals surface area contributed by atoms with Gasteiger partial charge in [0, 0.05) is 44.1 Å². The first-order valence-electron chi connectivity index (χ1n) is 11.3. The molecule has 1 fully saturated rings. The molecule has 36 heavy (non-hydrogen) atoms. The first kappa shape index (κ1) is 23.9. The van der Waals surface area contributed by atoms with Crippen LogP contribution >= 0.6 is 11.3 Å². The minimum absolute atomic E-state index is 0.305. The second-order valence-corrected chi connectivity index (χ2v) is 11.1. The summed E-state index contributed by atoms with van der Waals surface area (Å²) in [6, 6.07) is 18.0. The highest BCUT2D eigenvalue weighted by atomic mass is 32.2. The van der Waals surface area contributed by atoms with Gasteiger partial charge in [-0.05, 0) is 43.3 Å². The van der Waals surface area contributed by atoms with Crippen LogP contribution in [-0.2, 0) is 10.0 Å². The summed E-state index contributed by atoms with van der Waals surface area (Å²) >= 11 is 1.48. The lowest BCUT2D eigenvalue weighted by Gasteiger charge is -2.34. The van der Waals surface area contributed by atoms with Crippen molar-refractivity contribution in [1.29, 1.82) is 5.26 Å². The van der Waals surface area contributed by atoms with Crippen LogP contribution in [0, 0.1) is 18.3 Å². The second-order valence-electron chi connectivity index (χ2n) is 8.32. The number of benzene rings is 2. The van der Waals surface area contributed by atoms with Gasteiger partial charge in [-0.15, -0.1) is 11.3 Å². The van der Waals surface area contributed by atoms with E-state index in [4.69, 9.17) is 15.2 Å². The van der Waals surface area contributed by atoms with Crippen LogP contribution in [0.4, 0.5) is 17.5 Å². The van der Waals surface area contributed by atoms with E-state index < -0.39 is 10.0 Å². The molecular weight excluding hydrogens is 494 g/mol. The molecule has 0 bridgehead atoms. The van der Waals surface area contributed by atoms with Crippen molar-refractivity contribution in [1.82, 2.24) is 19.3 Å². The van der Waals surface area contributed by atoms with E-state index in [1.165, 1.54) is 15.6 Å². The highest BCUT2D eigenvalue weighted by molar-refractivity contribution is 7.89. The molecule has 1 aliphatic heterocycles. The molecule has 0 radical (unpaired) electrons. The van der Waals surface area contributed by atoms with Gasteiger partial charge in [-0.3, -0.25) is 4.98 Å². The van der Waals surface area contributed by atoms with Gasteiger partial charge in [0.25, 0.3) is 0 Å². The first-order chi connectivity index (χ1) is 17.4. The highest BCUT2D eigenvalue weighted by Gasteiger charge is 2.29. The lowest BCUT2D eigenvalue weighted by molar-refractivity contribution is 0.382. The molecule has 5 rings (SSSR count). The number of piperazine rings is 1. The maximum Gasteiger partial charge on any atom is 0.243 e. The largest absolute Gasteiger partial charge is 0.340 e. The summed E-state index contributed by atoms with van der Waals surface area (Å²) in [5.74, 6) is 1.12. The quantitative estimate of drug-likeness (QED) is 0.408. The van der Waals surface area contributed by atoms with Crippen molar-refractivity contribution in [3.05, 3.63) is 77.4 Å². The summed E-state index contributed by atoms with van der Waals surface area (Å²) in [5.41, 5.74) is 4.87. The van der Waals surface area contributed by atoms with Crippen molar-refractivity contribution < 1.29 is 8.42 Å². The number of aromatic nitrogens is 3. The molecule has 182 valence electrons. The van der Waals surface area contributed by atoms with Crippen LogP contribution in [0.25, 0.3) is 10.6 Å². The third kappa shape index (κ3) is 5.06. The number of rotatable bonds is 6. The van der Waals surface area contributed by atoms with Crippen LogP contribution in [0.1, 0.15) is 11.1 Å². The van der Waals surface area contributed by atoms with Crippen molar-refractivity contribution >= 4 is 38.8 Å². The molecule has 0 unspecified atom stereocenters. The lowest BCUT2D eigenvalue weighted by atomic mass is 10.2. The summed E-state index contributed by atoms with van der Waals surface area (Å²) in [4.78, 5) is 16.8. The first-order valence-corrected chi connectivity index (χ1v) is 13.6. The summed E-state index contributed by atoms with van der Waals surface area (Å²) < 4.78 is 27.7. The SMILES string of the molecule is Cc1ccc(S(=O)(=O)N2CCN(c3nc(Nc4ccc(C#N)cc4)cc(-c4cncs4)n3)CC2)cc1. The molecule has 9 nitrogen and oxygen atoms in total. The zero-order chi connectivity index (χ0) is 25.1. The molecule has 0 amide bonds. The van der Waals surface area contributed by atoms with Gasteiger partial charge >= 0.3 is 0 Å². The van der Waals surface area contributed by atoms with E-state index in [2.05, 4.69) is 16.4 Å². The van der Waals surface area contributed by atoms with E-state index in [1.807, 2.05) is 42.2 Å². The molecule has 2 aromatic carbocycles. The van der Waals surface area contributed by atoms with E-state index in [9.17, 15) is 8.42 Å². The molecule has 3 heterocycles. The summed E-state index contributed by atoms with van der Waals surface area (Å²) in [6.07, 6.45) is 1.76. The zero-order valence-corrected chi connectivity index (χ0v) is 21.1. The van der Waals surface area contributed by atoms with Crippen molar-refractivity contribution in [2.45, 2.75) is 11.8 Å². The maximum absolute atomic E-state index is 13.1. The normalized spacial score (nSPS) is 14.4. The molecule has 2 aromatic heterocycles. The molecular formula is C25H23N7O2S2. The molecule has 1 aliphatic rings.